The Morgan fingerprint density at radius 2 is 2.08 bits per heavy atom. The van der Waals surface area contributed by atoms with Crippen LogP contribution < -0.4 is 9.47 Å². The maximum atomic E-state index is 11.7. The normalized spacial score (nSPS) is 10.5. The summed E-state index contributed by atoms with van der Waals surface area (Å²) < 4.78 is 21.2. The van der Waals surface area contributed by atoms with Crippen LogP contribution in [0.3, 0.4) is 0 Å². The highest BCUT2D eigenvalue weighted by molar-refractivity contribution is 6.32. The Labute approximate surface area is 144 Å². The average molecular weight is 353 g/mol. The molecule has 0 amide bonds. The van der Waals surface area contributed by atoms with Gasteiger partial charge in [-0.05, 0) is 38.1 Å². The number of hydrogen-bond donors (Lipinski definition) is 0. The lowest BCUT2D eigenvalue weighted by atomic mass is 10.2. The highest BCUT2D eigenvalue weighted by Crippen LogP contribution is 2.36. The van der Waals surface area contributed by atoms with E-state index in [4.69, 9.17) is 30.2 Å². The van der Waals surface area contributed by atoms with Crippen LogP contribution in [0.2, 0.25) is 5.02 Å². The number of rotatable bonds is 7. The smallest absolute Gasteiger partial charge is 0.374 e. The number of ether oxygens (including phenoxy) is 3. The fourth-order valence-electron chi connectivity index (χ4n) is 1.93. The molecule has 7 heteroatoms. The average Bonchev–Trinajstić information content (AvgIpc) is 3.01. The largest absolute Gasteiger partial charge is 0.493 e. The van der Waals surface area contributed by atoms with Crippen molar-refractivity contribution in [1.82, 2.24) is 0 Å². The van der Waals surface area contributed by atoms with Gasteiger partial charge in [0.1, 0.15) is 18.7 Å². The Morgan fingerprint density at radius 1 is 1.33 bits per heavy atom. The number of carbonyl (C=O) groups excluding carboxylic acids is 2. The summed E-state index contributed by atoms with van der Waals surface area (Å²) >= 11 is 6.10. The summed E-state index contributed by atoms with van der Waals surface area (Å²) in [6.07, 6.45) is 0.429. The lowest BCUT2D eigenvalue weighted by molar-refractivity contribution is 0.0337. The van der Waals surface area contributed by atoms with Crippen molar-refractivity contribution in [3.63, 3.8) is 0 Å². The molecular weight excluding hydrogens is 336 g/mol. The van der Waals surface area contributed by atoms with E-state index in [1.54, 1.807) is 19.9 Å². The summed E-state index contributed by atoms with van der Waals surface area (Å²) in [4.78, 5) is 22.6. The van der Waals surface area contributed by atoms with Gasteiger partial charge in [-0.3, -0.25) is 4.79 Å². The van der Waals surface area contributed by atoms with Crippen LogP contribution in [0.5, 0.6) is 11.5 Å². The fourth-order valence-corrected chi connectivity index (χ4v) is 2.20. The quantitative estimate of drug-likeness (QED) is 0.555. The first-order chi connectivity index (χ1) is 11.4. The minimum atomic E-state index is -0.540. The molecule has 1 aromatic heterocycles. The van der Waals surface area contributed by atoms with Crippen LogP contribution in [-0.4, -0.2) is 25.5 Å². The van der Waals surface area contributed by atoms with Gasteiger partial charge >= 0.3 is 5.97 Å². The van der Waals surface area contributed by atoms with E-state index in [-0.39, 0.29) is 29.2 Å². The minimum Gasteiger partial charge on any atom is -0.493 e. The molecule has 2 rings (SSSR count). The Bertz CT molecular complexity index is 735. The van der Waals surface area contributed by atoms with Crippen molar-refractivity contribution in [3.05, 3.63) is 46.4 Å². The lowest BCUT2D eigenvalue weighted by Crippen LogP contribution is -2.10. The second kappa shape index (κ2) is 7.88. The molecule has 24 heavy (non-hydrogen) atoms. The van der Waals surface area contributed by atoms with Gasteiger partial charge in [0.2, 0.25) is 5.76 Å². The van der Waals surface area contributed by atoms with Crippen molar-refractivity contribution in [1.29, 1.82) is 0 Å². The van der Waals surface area contributed by atoms with Crippen molar-refractivity contribution in [2.45, 2.75) is 26.6 Å². The molecule has 0 N–H and O–H groups in total. The second-order valence-corrected chi connectivity index (χ2v) is 5.57. The molecule has 0 atom stereocenters. The summed E-state index contributed by atoms with van der Waals surface area (Å²) in [6.45, 7) is 3.54. The van der Waals surface area contributed by atoms with Crippen molar-refractivity contribution >= 4 is 23.9 Å². The highest BCUT2D eigenvalue weighted by atomic mass is 35.5. The van der Waals surface area contributed by atoms with Crippen molar-refractivity contribution in [2.24, 2.45) is 0 Å². The third-order valence-electron chi connectivity index (χ3n) is 2.95. The van der Waals surface area contributed by atoms with Gasteiger partial charge in [0.05, 0.1) is 18.2 Å². The summed E-state index contributed by atoms with van der Waals surface area (Å²) in [7, 11) is 1.44. The zero-order valence-corrected chi connectivity index (χ0v) is 14.3. The number of carbonyl (C=O) groups is 2. The molecule has 0 aliphatic heterocycles. The molecular formula is C17H17ClO6. The van der Waals surface area contributed by atoms with Crippen LogP contribution in [0.4, 0.5) is 0 Å². The topological polar surface area (TPSA) is 75.0 Å². The van der Waals surface area contributed by atoms with Crippen LogP contribution in [0.25, 0.3) is 0 Å². The van der Waals surface area contributed by atoms with Crippen LogP contribution >= 0.6 is 11.6 Å². The number of aldehydes is 1. The van der Waals surface area contributed by atoms with Gasteiger partial charge in [-0.2, -0.15) is 0 Å². The first kappa shape index (κ1) is 17.9. The summed E-state index contributed by atoms with van der Waals surface area (Å²) in [6, 6.07) is 6.11. The van der Waals surface area contributed by atoms with E-state index in [9.17, 15) is 9.59 Å². The highest BCUT2D eigenvalue weighted by Gasteiger charge is 2.16. The Balaban J connectivity index is 2.10. The SMILES string of the molecule is COc1cc(C=O)cc(Cl)c1OCc1ccc(C(=O)OC(C)C)o1. The molecule has 0 fully saturated rings. The third-order valence-corrected chi connectivity index (χ3v) is 3.23. The van der Waals surface area contributed by atoms with E-state index in [2.05, 4.69) is 0 Å². The van der Waals surface area contributed by atoms with E-state index >= 15 is 0 Å². The van der Waals surface area contributed by atoms with Gasteiger partial charge in [-0.1, -0.05) is 11.6 Å². The van der Waals surface area contributed by atoms with E-state index < -0.39 is 5.97 Å². The molecule has 0 spiro atoms. The Kier molecular flexibility index (Phi) is 5.87. The van der Waals surface area contributed by atoms with Crippen LogP contribution in [0, 0.1) is 0 Å². The molecule has 1 aromatic carbocycles. The number of halogens is 1. The molecule has 0 aliphatic carbocycles. The molecule has 0 unspecified atom stereocenters. The molecule has 0 saturated carbocycles. The van der Waals surface area contributed by atoms with E-state index in [1.165, 1.54) is 25.3 Å². The standard InChI is InChI=1S/C17H17ClO6/c1-10(2)23-17(20)14-5-4-12(24-14)9-22-16-13(18)6-11(8-19)7-15(16)21-3/h4-8,10H,9H2,1-3H3. The van der Waals surface area contributed by atoms with Gasteiger partial charge in [0.15, 0.2) is 11.5 Å². The Morgan fingerprint density at radius 3 is 2.71 bits per heavy atom. The van der Waals surface area contributed by atoms with Crippen LogP contribution in [-0.2, 0) is 11.3 Å². The fraction of sp³-hybridized carbons (Fsp3) is 0.294. The van der Waals surface area contributed by atoms with Crippen molar-refractivity contribution in [3.8, 4) is 11.5 Å². The minimum absolute atomic E-state index is 0.0332. The first-order valence-electron chi connectivity index (χ1n) is 7.19. The van der Waals surface area contributed by atoms with E-state index in [0.717, 1.165) is 0 Å². The zero-order valence-electron chi connectivity index (χ0n) is 13.5. The molecule has 6 nitrogen and oxygen atoms in total. The third kappa shape index (κ3) is 4.29. The lowest BCUT2D eigenvalue weighted by Gasteiger charge is -2.12. The predicted octanol–water partition coefficient (Wildman–Crippen LogP) is 3.90. The van der Waals surface area contributed by atoms with E-state index in [1.807, 2.05) is 0 Å². The number of benzene rings is 1. The molecule has 0 saturated heterocycles. The molecule has 0 aliphatic rings. The van der Waals surface area contributed by atoms with Crippen LogP contribution in [0.15, 0.2) is 28.7 Å². The molecule has 0 radical (unpaired) electrons. The van der Waals surface area contributed by atoms with Gasteiger partial charge in [0.25, 0.3) is 0 Å². The molecule has 2 aromatic rings. The van der Waals surface area contributed by atoms with Crippen LogP contribution in [0.1, 0.15) is 40.5 Å². The number of esters is 1. The van der Waals surface area contributed by atoms with Gasteiger partial charge < -0.3 is 18.6 Å². The van der Waals surface area contributed by atoms with Crippen molar-refractivity contribution in [2.75, 3.05) is 7.11 Å². The first-order valence-corrected chi connectivity index (χ1v) is 7.57. The van der Waals surface area contributed by atoms with Crippen molar-refractivity contribution < 1.29 is 28.2 Å². The number of hydrogen-bond acceptors (Lipinski definition) is 6. The van der Waals surface area contributed by atoms with Gasteiger partial charge in [-0.25, -0.2) is 4.79 Å². The van der Waals surface area contributed by atoms with E-state index in [0.29, 0.717) is 23.4 Å². The summed E-state index contributed by atoms with van der Waals surface area (Å²) in [5, 5.41) is 0.238. The summed E-state index contributed by atoms with van der Waals surface area (Å²) in [5.41, 5.74) is 0.376. The zero-order chi connectivity index (χ0) is 17.7. The number of furan rings is 1. The number of methoxy groups -OCH3 is 1. The molecule has 0 bridgehead atoms. The van der Waals surface area contributed by atoms with Gasteiger partial charge in [-0.15, -0.1) is 0 Å². The summed E-state index contributed by atoms with van der Waals surface area (Å²) in [5.74, 6) is 0.588. The second-order valence-electron chi connectivity index (χ2n) is 5.16. The molecule has 1 heterocycles. The monoisotopic (exact) mass is 352 g/mol. The molecule has 128 valence electrons. The Hall–Kier alpha value is -2.47. The predicted molar refractivity (Wildman–Crippen MR) is 87.0 cm³/mol. The maximum Gasteiger partial charge on any atom is 0.374 e. The van der Waals surface area contributed by atoms with Gasteiger partial charge in [0, 0.05) is 5.56 Å². The maximum absolute atomic E-state index is 11.7.